The normalized spacial score (nSPS) is 15.2. The number of carbonyl (C=O) groups is 1. The topological polar surface area (TPSA) is 50.8 Å². The van der Waals surface area contributed by atoms with Crippen LogP contribution in [0.2, 0.25) is 0 Å². The van der Waals surface area contributed by atoms with Crippen molar-refractivity contribution in [2.45, 2.75) is 19.6 Å². The highest BCUT2D eigenvalue weighted by Gasteiger charge is 2.15. The second kappa shape index (κ2) is 8.77. The standard InChI is InChI=1S/C16H24N2O3/c1-20-13-15-4-2-3-14(11-15)12-17-6-5-16(19)18-7-9-21-10-8-18/h2-4,11,17H,5-10,12-13H2,1H3. The van der Waals surface area contributed by atoms with Crippen molar-refractivity contribution >= 4 is 5.91 Å². The molecule has 1 saturated heterocycles. The third kappa shape index (κ3) is 5.46. The highest BCUT2D eigenvalue weighted by atomic mass is 16.5. The minimum absolute atomic E-state index is 0.207. The molecule has 1 fully saturated rings. The van der Waals surface area contributed by atoms with Gasteiger partial charge in [-0.3, -0.25) is 4.79 Å². The number of nitrogens with zero attached hydrogens (tertiary/aromatic N) is 1. The number of nitrogens with one attached hydrogen (secondary N) is 1. The molecule has 0 spiro atoms. The molecule has 1 aromatic carbocycles. The van der Waals surface area contributed by atoms with Crippen LogP contribution < -0.4 is 5.32 Å². The molecule has 21 heavy (non-hydrogen) atoms. The van der Waals surface area contributed by atoms with Gasteiger partial charge in [0.1, 0.15) is 0 Å². The summed E-state index contributed by atoms with van der Waals surface area (Å²) in [6, 6.07) is 8.29. The van der Waals surface area contributed by atoms with E-state index >= 15 is 0 Å². The number of hydrogen-bond acceptors (Lipinski definition) is 4. The summed E-state index contributed by atoms with van der Waals surface area (Å²) in [5, 5.41) is 3.32. The van der Waals surface area contributed by atoms with Gasteiger partial charge in [0.15, 0.2) is 0 Å². The number of rotatable bonds is 7. The molecular weight excluding hydrogens is 268 g/mol. The van der Waals surface area contributed by atoms with E-state index in [1.165, 1.54) is 11.1 Å². The highest BCUT2D eigenvalue weighted by molar-refractivity contribution is 5.76. The van der Waals surface area contributed by atoms with Gasteiger partial charge in [0.2, 0.25) is 5.91 Å². The molecule has 1 aliphatic heterocycles. The summed E-state index contributed by atoms with van der Waals surface area (Å²) < 4.78 is 10.4. The quantitative estimate of drug-likeness (QED) is 0.767. The monoisotopic (exact) mass is 292 g/mol. The lowest BCUT2D eigenvalue weighted by Gasteiger charge is -2.26. The fraction of sp³-hybridized carbons (Fsp3) is 0.562. The van der Waals surface area contributed by atoms with Gasteiger partial charge in [-0.05, 0) is 11.1 Å². The molecule has 1 aromatic rings. The van der Waals surface area contributed by atoms with Crippen LogP contribution in [0.5, 0.6) is 0 Å². The summed E-state index contributed by atoms with van der Waals surface area (Å²) in [7, 11) is 1.70. The SMILES string of the molecule is COCc1cccc(CNCCC(=O)N2CCOCC2)c1. The molecule has 1 heterocycles. The molecule has 1 aliphatic rings. The summed E-state index contributed by atoms with van der Waals surface area (Å²) in [6.45, 7) is 4.86. The molecule has 5 nitrogen and oxygen atoms in total. The molecule has 0 aliphatic carbocycles. The van der Waals surface area contributed by atoms with Crippen molar-refractivity contribution in [1.29, 1.82) is 0 Å². The molecule has 0 unspecified atom stereocenters. The maximum Gasteiger partial charge on any atom is 0.224 e. The zero-order valence-electron chi connectivity index (χ0n) is 12.6. The van der Waals surface area contributed by atoms with Crippen LogP contribution in [0.4, 0.5) is 0 Å². The second-order valence-electron chi connectivity index (χ2n) is 5.17. The Morgan fingerprint density at radius 3 is 2.86 bits per heavy atom. The molecule has 0 radical (unpaired) electrons. The second-order valence-corrected chi connectivity index (χ2v) is 5.17. The van der Waals surface area contributed by atoms with Crippen molar-refractivity contribution in [2.75, 3.05) is 40.0 Å². The van der Waals surface area contributed by atoms with Gasteiger partial charge in [-0.15, -0.1) is 0 Å². The van der Waals surface area contributed by atoms with Gasteiger partial charge < -0.3 is 19.7 Å². The number of amides is 1. The number of carbonyl (C=O) groups excluding carboxylic acids is 1. The Morgan fingerprint density at radius 1 is 1.33 bits per heavy atom. The zero-order chi connectivity index (χ0) is 14.9. The fourth-order valence-corrected chi connectivity index (χ4v) is 2.39. The van der Waals surface area contributed by atoms with Crippen molar-refractivity contribution in [3.05, 3.63) is 35.4 Å². The maximum atomic E-state index is 12.0. The van der Waals surface area contributed by atoms with E-state index in [4.69, 9.17) is 9.47 Å². The molecule has 1 amide bonds. The van der Waals surface area contributed by atoms with Crippen LogP contribution in [0.15, 0.2) is 24.3 Å². The smallest absolute Gasteiger partial charge is 0.224 e. The van der Waals surface area contributed by atoms with Crippen LogP contribution in [0.3, 0.4) is 0 Å². The predicted molar refractivity (Wildman–Crippen MR) is 80.9 cm³/mol. The molecule has 0 atom stereocenters. The first-order valence-corrected chi connectivity index (χ1v) is 7.42. The van der Waals surface area contributed by atoms with E-state index < -0.39 is 0 Å². The average molecular weight is 292 g/mol. The first-order valence-electron chi connectivity index (χ1n) is 7.42. The summed E-state index contributed by atoms with van der Waals surface area (Å²) >= 11 is 0. The first-order chi connectivity index (χ1) is 10.3. The number of morpholine rings is 1. The number of ether oxygens (including phenoxy) is 2. The van der Waals surface area contributed by atoms with Crippen LogP contribution in [0.1, 0.15) is 17.5 Å². The van der Waals surface area contributed by atoms with E-state index in [9.17, 15) is 4.79 Å². The Kier molecular flexibility index (Phi) is 6.66. The van der Waals surface area contributed by atoms with E-state index in [1.54, 1.807) is 7.11 Å². The van der Waals surface area contributed by atoms with Crippen molar-refractivity contribution in [3.8, 4) is 0 Å². The Morgan fingerprint density at radius 2 is 2.10 bits per heavy atom. The predicted octanol–water partition coefficient (Wildman–Crippen LogP) is 1.17. The van der Waals surface area contributed by atoms with Crippen LogP contribution in [0.25, 0.3) is 0 Å². The van der Waals surface area contributed by atoms with Gasteiger partial charge in [-0.2, -0.15) is 0 Å². The minimum atomic E-state index is 0.207. The average Bonchev–Trinajstić information content (AvgIpc) is 2.53. The van der Waals surface area contributed by atoms with E-state index in [-0.39, 0.29) is 5.91 Å². The zero-order valence-corrected chi connectivity index (χ0v) is 12.6. The molecule has 0 saturated carbocycles. The van der Waals surface area contributed by atoms with Crippen LogP contribution in [0, 0.1) is 0 Å². The Balaban J connectivity index is 1.67. The van der Waals surface area contributed by atoms with Gasteiger partial charge in [0, 0.05) is 39.7 Å². The van der Waals surface area contributed by atoms with Crippen LogP contribution in [-0.2, 0) is 27.4 Å². The lowest BCUT2D eigenvalue weighted by atomic mass is 10.1. The molecule has 2 rings (SSSR count). The van der Waals surface area contributed by atoms with Gasteiger partial charge in [-0.1, -0.05) is 24.3 Å². The minimum Gasteiger partial charge on any atom is -0.380 e. The lowest BCUT2D eigenvalue weighted by molar-refractivity contribution is -0.135. The third-order valence-corrected chi connectivity index (χ3v) is 3.51. The largest absolute Gasteiger partial charge is 0.380 e. The highest BCUT2D eigenvalue weighted by Crippen LogP contribution is 2.06. The molecule has 1 N–H and O–H groups in total. The number of benzene rings is 1. The molecule has 116 valence electrons. The van der Waals surface area contributed by atoms with Gasteiger partial charge >= 0.3 is 0 Å². The third-order valence-electron chi connectivity index (χ3n) is 3.51. The van der Waals surface area contributed by atoms with E-state index in [2.05, 4.69) is 23.5 Å². The summed E-state index contributed by atoms with van der Waals surface area (Å²) in [6.07, 6.45) is 0.539. The van der Waals surface area contributed by atoms with E-state index in [0.29, 0.717) is 32.8 Å². The van der Waals surface area contributed by atoms with E-state index in [1.807, 2.05) is 11.0 Å². The van der Waals surface area contributed by atoms with Crippen molar-refractivity contribution < 1.29 is 14.3 Å². The van der Waals surface area contributed by atoms with E-state index in [0.717, 1.165) is 19.6 Å². The van der Waals surface area contributed by atoms with Crippen molar-refractivity contribution in [1.82, 2.24) is 10.2 Å². The summed E-state index contributed by atoms with van der Waals surface area (Å²) in [5.41, 5.74) is 2.38. The first kappa shape index (κ1) is 15.9. The molecule has 0 bridgehead atoms. The summed E-state index contributed by atoms with van der Waals surface area (Å²) in [4.78, 5) is 13.8. The Bertz CT molecular complexity index is 445. The van der Waals surface area contributed by atoms with Crippen LogP contribution in [-0.4, -0.2) is 50.8 Å². The fourth-order valence-electron chi connectivity index (χ4n) is 2.39. The lowest BCUT2D eigenvalue weighted by Crippen LogP contribution is -2.41. The van der Waals surface area contributed by atoms with Crippen molar-refractivity contribution in [2.24, 2.45) is 0 Å². The molecule has 0 aromatic heterocycles. The summed E-state index contributed by atoms with van der Waals surface area (Å²) in [5.74, 6) is 0.207. The molecule has 5 heteroatoms. The van der Waals surface area contributed by atoms with Crippen molar-refractivity contribution in [3.63, 3.8) is 0 Å². The molecular formula is C16H24N2O3. The maximum absolute atomic E-state index is 12.0. The number of methoxy groups -OCH3 is 1. The Hall–Kier alpha value is -1.43. The van der Waals surface area contributed by atoms with Gasteiger partial charge in [-0.25, -0.2) is 0 Å². The number of hydrogen-bond donors (Lipinski definition) is 1. The van der Waals surface area contributed by atoms with Gasteiger partial charge in [0.05, 0.1) is 19.8 Å². The van der Waals surface area contributed by atoms with Gasteiger partial charge in [0.25, 0.3) is 0 Å². The Labute approximate surface area is 126 Å². The van der Waals surface area contributed by atoms with Crippen LogP contribution >= 0.6 is 0 Å².